The van der Waals surface area contributed by atoms with E-state index in [4.69, 9.17) is 16.3 Å². The van der Waals surface area contributed by atoms with Crippen molar-refractivity contribution in [3.63, 3.8) is 0 Å². The van der Waals surface area contributed by atoms with Gasteiger partial charge < -0.3 is 10.1 Å². The summed E-state index contributed by atoms with van der Waals surface area (Å²) < 4.78 is 5.83. The molecule has 104 valence electrons. The average molecular weight is 281 g/mol. The van der Waals surface area contributed by atoms with Gasteiger partial charge in [0.1, 0.15) is 5.75 Å². The van der Waals surface area contributed by atoms with Crippen LogP contribution >= 0.6 is 11.6 Å². The summed E-state index contributed by atoms with van der Waals surface area (Å²) >= 11 is 6.46. The second-order valence-electron chi connectivity index (χ2n) is 5.51. The highest BCUT2D eigenvalue weighted by Crippen LogP contribution is 2.33. The number of halogens is 1. The lowest BCUT2D eigenvalue weighted by Gasteiger charge is -2.27. The van der Waals surface area contributed by atoms with Gasteiger partial charge in [-0.25, -0.2) is 0 Å². The molecule has 2 aliphatic rings. The molecule has 1 N–H and O–H groups in total. The highest BCUT2D eigenvalue weighted by Gasteiger charge is 2.22. The maximum atomic E-state index is 6.46. The number of ether oxygens (including phenoxy) is 1. The Morgan fingerprint density at radius 2 is 2.05 bits per heavy atom. The second kappa shape index (κ2) is 6.12. The molecule has 0 bridgehead atoms. The normalized spacial score (nSPS) is 20.5. The molecule has 1 saturated carbocycles. The van der Waals surface area contributed by atoms with Gasteiger partial charge in [0.15, 0.2) is 0 Å². The molecule has 3 nitrogen and oxygen atoms in total. The first-order valence-electron chi connectivity index (χ1n) is 7.16. The predicted octanol–water partition coefficient (Wildman–Crippen LogP) is 2.53. The summed E-state index contributed by atoms with van der Waals surface area (Å²) in [6.45, 7) is 6.04. The SMILES string of the molecule is Clc1c(CN2CCNCC2)cccc1OCC1CC1. The zero-order valence-electron chi connectivity index (χ0n) is 11.2. The minimum absolute atomic E-state index is 0.757. The van der Waals surface area contributed by atoms with Crippen LogP contribution in [-0.2, 0) is 6.54 Å². The number of hydrogen-bond acceptors (Lipinski definition) is 3. The first kappa shape index (κ1) is 13.2. The van der Waals surface area contributed by atoms with E-state index < -0.39 is 0 Å². The van der Waals surface area contributed by atoms with Gasteiger partial charge >= 0.3 is 0 Å². The van der Waals surface area contributed by atoms with Crippen LogP contribution in [0.25, 0.3) is 0 Å². The monoisotopic (exact) mass is 280 g/mol. The summed E-state index contributed by atoms with van der Waals surface area (Å²) in [7, 11) is 0. The van der Waals surface area contributed by atoms with Crippen molar-refractivity contribution in [1.29, 1.82) is 0 Å². The summed E-state index contributed by atoms with van der Waals surface area (Å²) in [5.41, 5.74) is 1.18. The molecular weight excluding hydrogens is 260 g/mol. The molecule has 1 aliphatic heterocycles. The van der Waals surface area contributed by atoms with E-state index in [0.717, 1.165) is 56.0 Å². The molecule has 4 heteroatoms. The Morgan fingerprint density at radius 3 is 2.79 bits per heavy atom. The molecule has 0 amide bonds. The van der Waals surface area contributed by atoms with Crippen molar-refractivity contribution >= 4 is 11.6 Å². The average Bonchev–Trinajstić information content (AvgIpc) is 3.25. The predicted molar refractivity (Wildman–Crippen MR) is 77.8 cm³/mol. The van der Waals surface area contributed by atoms with E-state index in [1.54, 1.807) is 0 Å². The summed E-state index contributed by atoms with van der Waals surface area (Å²) in [6, 6.07) is 6.13. The van der Waals surface area contributed by atoms with Gasteiger partial charge in [-0.1, -0.05) is 23.7 Å². The van der Waals surface area contributed by atoms with Gasteiger partial charge in [-0.15, -0.1) is 0 Å². The van der Waals surface area contributed by atoms with Crippen molar-refractivity contribution in [3.8, 4) is 5.75 Å². The Hall–Kier alpha value is -0.770. The lowest BCUT2D eigenvalue weighted by atomic mass is 10.2. The molecule has 0 aromatic heterocycles. The summed E-state index contributed by atoms with van der Waals surface area (Å²) in [5, 5.41) is 4.16. The van der Waals surface area contributed by atoms with E-state index in [2.05, 4.69) is 16.3 Å². The Labute approximate surface area is 119 Å². The smallest absolute Gasteiger partial charge is 0.138 e. The topological polar surface area (TPSA) is 24.5 Å². The Kier molecular flexibility index (Phi) is 4.26. The third-order valence-corrected chi connectivity index (χ3v) is 4.25. The Morgan fingerprint density at radius 1 is 1.26 bits per heavy atom. The Balaban J connectivity index is 1.64. The fourth-order valence-corrected chi connectivity index (χ4v) is 2.63. The molecule has 1 aromatic carbocycles. The van der Waals surface area contributed by atoms with Crippen molar-refractivity contribution < 1.29 is 4.74 Å². The third-order valence-electron chi connectivity index (χ3n) is 3.82. The van der Waals surface area contributed by atoms with E-state index >= 15 is 0 Å². The minimum atomic E-state index is 0.757. The zero-order valence-corrected chi connectivity index (χ0v) is 12.0. The van der Waals surface area contributed by atoms with Gasteiger partial charge in [0.2, 0.25) is 0 Å². The van der Waals surface area contributed by atoms with Crippen LogP contribution in [0.4, 0.5) is 0 Å². The first-order valence-corrected chi connectivity index (χ1v) is 7.54. The molecule has 19 heavy (non-hydrogen) atoms. The Bertz CT molecular complexity index is 428. The van der Waals surface area contributed by atoms with E-state index in [0.29, 0.717) is 0 Å². The highest BCUT2D eigenvalue weighted by molar-refractivity contribution is 6.32. The third kappa shape index (κ3) is 3.62. The van der Waals surface area contributed by atoms with Crippen LogP contribution in [0.3, 0.4) is 0 Å². The summed E-state index contributed by atoms with van der Waals surface area (Å²) in [6.07, 6.45) is 2.61. The van der Waals surface area contributed by atoms with E-state index in [1.165, 1.54) is 18.4 Å². The fourth-order valence-electron chi connectivity index (χ4n) is 2.39. The zero-order chi connectivity index (χ0) is 13.1. The van der Waals surface area contributed by atoms with Gasteiger partial charge in [0.05, 0.1) is 11.6 Å². The molecular formula is C15H21ClN2O. The summed E-state index contributed by atoms with van der Waals surface area (Å²) in [4.78, 5) is 2.43. The minimum Gasteiger partial charge on any atom is -0.492 e. The number of hydrogen-bond donors (Lipinski definition) is 1. The van der Waals surface area contributed by atoms with Gasteiger partial charge in [-0.2, -0.15) is 0 Å². The molecule has 1 heterocycles. The molecule has 1 saturated heterocycles. The molecule has 3 rings (SSSR count). The number of piperazine rings is 1. The van der Waals surface area contributed by atoms with Crippen molar-refractivity contribution in [3.05, 3.63) is 28.8 Å². The molecule has 0 atom stereocenters. The van der Waals surface area contributed by atoms with Crippen molar-refractivity contribution in [1.82, 2.24) is 10.2 Å². The maximum absolute atomic E-state index is 6.46. The molecule has 1 aromatic rings. The number of rotatable bonds is 5. The van der Waals surface area contributed by atoms with Crippen molar-refractivity contribution in [2.45, 2.75) is 19.4 Å². The lowest BCUT2D eigenvalue weighted by Crippen LogP contribution is -2.42. The first-order chi connectivity index (χ1) is 9.33. The van der Waals surface area contributed by atoms with Crippen LogP contribution in [0, 0.1) is 5.92 Å². The molecule has 0 radical (unpaired) electrons. The number of nitrogens with one attached hydrogen (secondary N) is 1. The molecule has 0 spiro atoms. The standard InChI is InChI=1S/C15H21ClN2O/c16-15-13(10-18-8-6-17-7-9-18)2-1-3-14(15)19-11-12-4-5-12/h1-3,12,17H,4-11H2. The van der Waals surface area contributed by atoms with Crippen LogP contribution in [-0.4, -0.2) is 37.7 Å². The van der Waals surface area contributed by atoms with E-state index in [9.17, 15) is 0 Å². The largest absolute Gasteiger partial charge is 0.492 e. The van der Waals surface area contributed by atoms with Gasteiger partial charge in [-0.05, 0) is 30.4 Å². The van der Waals surface area contributed by atoms with E-state index in [1.807, 2.05) is 12.1 Å². The van der Waals surface area contributed by atoms with Gasteiger partial charge in [0, 0.05) is 32.7 Å². The van der Waals surface area contributed by atoms with Crippen LogP contribution in [0.2, 0.25) is 5.02 Å². The molecule has 2 fully saturated rings. The van der Waals surface area contributed by atoms with Crippen LogP contribution in [0.15, 0.2) is 18.2 Å². The fraction of sp³-hybridized carbons (Fsp3) is 0.600. The quantitative estimate of drug-likeness (QED) is 0.897. The lowest BCUT2D eigenvalue weighted by molar-refractivity contribution is 0.232. The van der Waals surface area contributed by atoms with Crippen molar-refractivity contribution in [2.24, 2.45) is 5.92 Å². The number of nitrogens with zero attached hydrogens (tertiary/aromatic N) is 1. The van der Waals surface area contributed by atoms with Gasteiger partial charge in [0.25, 0.3) is 0 Å². The van der Waals surface area contributed by atoms with Crippen LogP contribution in [0.5, 0.6) is 5.75 Å². The van der Waals surface area contributed by atoms with Crippen LogP contribution < -0.4 is 10.1 Å². The van der Waals surface area contributed by atoms with Crippen molar-refractivity contribution in [2.75, 3.05) is 32.8 Å². The molecule has 0 unspecified atom stereocenters. The molecule has 1 aliphatic carbocycles. The highest BCUT2D eigenvalue weighted by atomic mass is 35.5. The number of benzene rings is 1. The van der Waals surface area contributed by atoms with Gasteiger partial charge in [-0.3, -0.25) is 4.90 Å². The van der Waals surface area contributed by atoms with E-state index in [-0.39, 0.29) is 0 Å². The van der Waals surface area contributed by atoms with Crippen LogP contribution in [0.1, 0.15) is 18.4 Å². The second-order valence-corrected chi connectivity index (χ2v) is 5.89. The maximum Gasteiger partial charge on any atom is 0.138 e. The summed E-state index contributed by atoms with van der Waals surface area (Å²) in [5.74, 6) is 1.61.